The van der Waals surface area contributed by atoms with Crippen LogP contribution in [-0.4, -0.2) is 72.0 Å². The van der Waals surface area contributed by atoms with Gasteiger partial charge in [-0.1, -0.05) is 0 Å². The van der Waals surface area contributed by atoms with Crippen molar-refractivity contribution in [3.63, 3.8) is 0 Å². The van der Waals surface area contributed by atoms with Crippen LogP contribution in [0.15, 0.2) is 23.9 Å². The van der Waals surface area contributed by atoms with E-state index in [-0.39, 0.29) is 32.2 Å². The lowest BCUT2D eigenvalue weighted by Crippen LogP contribution is -2.49. The molecule has 0 aromatic heterocycles. The minimum atomic E-state index is -4.29. The number of alkyl halides is 3. The molecule has 31 heavy (non-hydrogen) atoms. The number of carboxylic acids is 2. The zero-order chi connectivity index (χ0) is 22.9. The third-order valence-electron chi connectivity index (χ3n) is 5.31. The summed E-state index contributed by atoms with van der Waals surface area (Å²) in [6.45, 7) is 1.53. The van der Waals surface area contributed by atoms with E-state index in [4.69, 9.17) is 10.2 Å². The predicted octanol–water partition coefficient (Wildman–Crippen LogP) is 1.82. The van der Waals surface area contributed by atoms with E-state index >= 15 is 0 Å². The number of hydrazine groups is 1. The van der Waals surface area contributed by atoms with E-state index in [1.807, 2.05) is 0 Å². The molecule has 2 aliphatic rings. The number of nitrogens with one attached hydrogen (secondary N) is 1. The Bertz CT molecular complexity index is 882. The molecule has 0 saturated carbocycles. The third kappa shape index (κ3) is 5.01. The highest BCUT2D eigenvalue weighted by Gasteiger charge is 2.35. The molecule has 0 radical (unpaired) electrons. The number of hydrogen-bond acceptors (Lipinski definition) is 6. The van der Waals surface area contributed by atoms with Crippen molar-refractivity contribution in [2.24, 2.45) is 0 Å². The fraction of sp³-hybridized carbons (Fsp3) is 0.474. The van der Waals surface area contributed by atoms with Gasteiger partial charge in [-0.2, -0.15) is 13.2 Å². The zero-order valence-electron chi connectivity index (χ0n) is 16.6. The summed E-state index contributed by atoms with van der Waals surface area (Å²) in [5, 5.41) is 19.5. The van der Waals surface area contributed by atoms with Gasteiger partial charge < -0.3 is 20.5 Å². The lowest BCUT2D eigenvalue weighted by molar-refractivity contribution is -0.146. The van der Waals surface area contributed by atoms with E-state index in [9.17, 15) is 27.2 Å². The number of benzene rings is 1. The van der Waals surface area contributed by atoms with Gasteiger partial charge in [-0.3, -0.25) is 9.91 Å². The number of nitrogens with zero attached hydrogens (tertiary/aromatic N) is 3. The predicted molar refractivity (Wildman–Crippen MR) is 103 cm³/mol. The molecule has 0 aliphatic carbocycles. The van der Waals surface area contributed by atoms with Gasteiger partial charge in [0.25, 0.3) is 0 Å². The van der Waals surface area contributed by atoms with Gasteiger partial charge in [-0.05, 0) is 25.5 Å². The summed E-state index contributed by atoms with van der Waals surface area (Å²) >= 11 is 0. The monoisotopic (exact) mass is 446 g/mol. The summed E-state index contributed by atoms with van der Waals surface area (Å²) in [5.41, 5.74) is 3.30. The molecule has 0 amide bonds. The second-order valence-corrected chi connectivity index (χ2v) is 7.49. The highest BCUT2D eigenvalue weighted by molar-refractivity contribution is 6.12. The van der Waals surface area contributed by atoms with Crippen molar-refractivity contribution in [2.45, 2.75) is 25.6 Å². The normalized spacial score (nSPS) is 19.2. The first-order chi connectivity index (χ1) is 14.5. The molecule has 12 heteroatoms. The van der Waals surface area contributed by atoms with E-state index in [1.165, 1.54) is 17.0 Å². The minimum absolute atomic E-state index is 0.142. The summed E-state index contributed by atoms with van der Waals surface area (Å²) in [5.74, 6) is -3.71. The van der Waals surface area contributed by atoms with Crippen molar-refractivity contribution >= 4 is 23.3 Å². The van der Waals surface area contributed by atoms with Gasteiger partial charge in [0.15, 0.2) is 5.57 Å². The van der Waals surface area contributed by atoms with Crippen LogP contribution in [0, 0.1) is 5.82 Å². The highest BCUT2D eigenvalue weighted by atomic mass is 19.4. The summed E-state index contributed by atoms with van der Waals surface area (Å²) < 4.78 is 52.6. The van der Waals surface area contributed by atoms with Gasteiger partial charge in [-0.25, -0.2) is 14.0 Å². The molecular formula is C19H22F4N4O4. The average molecular weight is 446 g/mol. The molecule has 0 bridgehead atoms. The van der Waals surface area contributed by atoms with Crippen molar-refractivity contribution in [3.05, 3.63) is 35.3 Å². The van der Waals surface area contributed by atoms with Crippen LogP contribution < -0.4 is 15.3 Å². The average Bonchev–Trinajstić information content (AvgIpc) is 2.96. The Balaban J connectivity index is 1.82. The quantitative estimate of drug-likeness (QED) is 0.264. The van der Waals surface area contributed by atoms with Gasteiger partial charge in [0.2, 0.25) is 0 Å². The highest BCUT2D eigenvalue weighted by Crippen LogP contribution is 2.39. The van der Waals surface area contributed by atoms with Crippen molar-refractivity contribution in [3.8, 4) is 0 Å². The summed E-state index contributed by atoms with van der Waals surface area (Å²) in [6, 6.07) is 2.49. The number of fused-ring (bicyclic) bond motifs is 1. The summed E-state index contributed by atoms with van der Waals surface area (Å²) in [4.78, 5) is 25.1. The van der Waals surface area contributed by atoms with Crippen LogP contribution in [0.3, 0.4) is 0 Å². The molecular weight excluding hydrogens is 424 g/mol. The van der Waals surface area contributed by atoms with E-state index < -0.39 is 36.0 Å². The topological polar surface area (TPSA) is 96.4 Å². The molecule has 1 fully saturated rings. The third-order valence-corrected chi connectivity index (χ3v) is 5.31. The minimum Gasteiger partial charge on any atom is -0.477 e. The fourth-order valence-corrected chi connectivity index (χ4v) is 3.92. The second-order valence-electron chi connectivity index (χ2n) is 7.49. The van der Waals surface area contributed by atoms with Crippen LogP contribution in [0.25, 0.3) is 0 Å². The van der Waals surface area contributed by atoms with Crippen LogP contribution in [-0.2, 0) is 16.0 Å². The molecule has 1 saturated heterocycles. The Kier molecular flexibility index (Phi) is 6.30. The molecule has 170 valence electrons. The Morgan fingerprint density at radius 3 is 2.32 bits per heavy atom. The zero-order valence-corrected chi connectivity index (χ0v) is 16.6. The van der Waals surface area contributed by atoms with Crippen LogP contribution in [0.4, 0.5) is 28.9 Å². The van der Waals surface area contributed by atoms with Gasteiger partial charge in [0.1, 0.15) is 5.82 Å². The van der Waals surface area contributed by atoms with Crippen molar-refractivity contribution in [1.29, 1.82) is 0 Å². The lowest BCUT2D eigenvalue weighted by atomic mass is 10.1. The first-order valence-electron chi connectivity index (χ1n) is 9.55. The smallest absolute Gasteiger partial charge is 0.401 e. The Labute approximate surface area is 175 Å². The molecule has 3 N–H and O–H groups in total. The van der Waals surface area contributed by atoms with Crippen molar-refractivity contribution < 1.29 is 37.4 Å². The number of halogens is 4. The largest absolute Gasteiger partial charge is 0.477 e. The number of carbonyl (C=O) groups is 2. The van der Waals surface area contributed by atoms with Crippen LogP contribution >= 0.6 is 0 Å². The summed E-state index contributed by atoms with van der Waals surface area (Å²) in [7, 11) is 0. The van der Waals surface area contributed by atoms with E-state index in [1.54, 1.807) is 16.8 Å². The van der Waals surface area contributed by atoms with Crippen molar-refractivity contribution in [2.75, 3.05) is 42.6 Å². The number of rotatable bonds is 6. The van der Waals surface area contributed by atoms with E-state index in [0.29, 0.717) is 23.4 Å². The van der Waals surface area contributed by atoms with Gasteiger partial charge >= 0.3 is 18.1 Å². The van der Waals surface area contributed by atoms with Crippen LogP contribution in [0.5, 0.6) is 0 Å². The first-order valence-corrected chi connectivity index (χ1v) is 9.55. The maximum Gasteiger partial charge on any atom is 0.401 e. The molecule has 1 aromatic rings. The standard InChI is InChI=1S/C19H22F4N4O4/c1-11-8-12-15(27(11)24-9-13(17(28)29)18(30)31)3-2-14(20)16(12)26-6-4-25(5-7-26)10-19(21,22)23/h2-3,9,11,24H,4-8,10H2,1H3,(H,28,29)(H,30,31). The van der Waals surface area contributed by atoms with Gasteiger partial charge in [0, 0.05) is 37.9 Å². The van der Waals surface area contributed by atoms with Crippen molar-refractivity contribution in [1.82, 2.24) is 10.3 Å². The number of carboxylic acid groups (broad SMARTS) is 2. The molecule has 1 unspecified atom stereocenters. The van der Waals surface area contributed by atoms with E-state index in [0.717, 1.165) is 6.20 Å². The lowest BCUT2D eigenvalue weighted by Gasteiger charge is -2.37. The molecule has 2 aliphatic heterocycles. The second kappa shape index (κ2) is 8.61. The molecule has 1 aromatic carbocycles. The SMILES string of the molecule is CC1Cc2c(ccc(F)c2N2CCN(CC(F)(F)F)CC2)N1NC=C(C(=O)O)C(=O)O. The fourth-order valence-electron chi connectivity index (χ4n) is 3.92. The number of anilines is 2. The number of piperazine rings is 1. The Hall–Kier alpha value is -3.02. The maximum absolute atomic E-state index is 14.7. The Morgan fingerprint density at radius 1 is 1.16 bits per heavy atom. The Morgan fingerprint density at radius 2 is 1.77 bits per heavy atom. The molecule has 8 nitrogen and oxygen atoms in total. The maximum atomic E-state index is 14.7. The summed E-state index contributed by atoms with van der Waals surface area (Å²) in [6.07, 6.45) is -3.04. The molecule has 1 atom stereocenters. The van der Waals surface area contributed by atoms with Gasteiger partial charge in [0.05, 0.1) is 24.0 Å². The van der Waals surface area contributed by atoms with Crippen LogP contribution in [0.1, 0.15) is 12.5 Å². The molecule has 3 rings (SSSR count). The number of aliphatic carboxylic acids is 2. The molecule has 2 heterocycles. The van der Waals surface area contributed by atoms with E-state index in [2.05, 4.69) is 5.43 Å². The van der Waals surface area contributed by atoms with Crippen LogP contribution in [0.2, 0.25) is 0 Å². The number of hydrogen-bond donors (Lipinski definition) is 3. The first kappa shape index (κ1) is 22.7. The molecule has 0 spiro atoms. The van der Waals surface area contributed by atoms with Gasteiger partial charge in [-0.15, -0.1) is 0 Å².